The van der Waals surface area contributed by atoms with Crippen molar-refractivity contribution in [3.8, 4) is 0 Å². The van der Waals surface area contributed by atoms with Crippen molar-refractivity contribution in [1.82, 2.24) is 19.4 Å². The lowest BCUT2D eigenvalue weighted by Crippen LogP contribution is -2.62. The van der Waals surface area contributed by atoms with E-state index in [0.717, 1.165) is 37.1 Å². The Labute approximate surface area is 327 Å². The van der Waals surface area contributed by atoms with E-state index in [1.165, 1.54) is 14.0 Å². The zero-order valence-electron chi connectivity index (χ0n) is 33.6. The van der Waals surface area contributed by atoms with Crippen molar-refractivity contribution in [1.29, 1.82) is 0 Å². The number of nitrogens with zero attached hydrogens (tertiary/aromatic N) is 3. The highest BCUT2D eigenvalue weighted by atomic mass is 32.2. The Morgan fingerprint density at radius 1 is 0.982 bits per heavy atom. The van der Waals surface area contributed by atoms with Crippen LogP contribution in [0.1, 0.15) is 80.6 Å². The van der Waals surface area contributed by atoms with Gasteiger partial charge in [-0.3, -0.25) is 28.9 Å². The molecule has 1 aromatic carbocycles. The molecule has 0 aliphatic carbocycles. The van der Waals surface area contributed by atoms with Gasteiger partial charge < -0.3 is 25.6 Å². The lowest BCUT2D eigenvalue weighted by atomic mass is 9.81. The van der Waals surface area contributed by atoms with Gasteiger partial charge in [0.05, 0.1) is 41.1 Å². The SMILES string of the molecule is CO[C@H]([C@@H](C)C(=O)NS(=O)(=O)c1ccc(NC(=O)C(F)(F)F)cc1)[C@@H]1CCCN1C(=O)/C(C)=C/[C@H](C(C)C)N(C)C(=O)[C@@H](N1CCCCC1C(N)=O)C(C)(C)C. The van der Waals surface area contributed by atoms with Crippen LogP contribution < -0.4 is 15.8 Å². The maximum atomic E-state index is 14.4. The molecule has 2 aliphatic rings. The Balaban J connectivity index is 1.79. The van der Waals surface area contributed by atoms with Crippen molar-refractivity contribution in [2.24, 2.45) is 23.0 Å². The van der Waals surface area contributed by atoms with Crippen LogP contribution in [0.15, 0.2) is 40.8 Å². The molecule has 6 atom stereocenters. The van der Waals surface area contributed by atoms with E-state index in [-0.39, 0.29) is 23.4 Å². The summed E-state index contributed by atoms with van der Waals surface area (Å²) >= 11 is 0. The predicted octanol–water partition coefficient (Wildman–Crippen LogP) is 3.82. The van der Waals surface area contributed by atoms with Crippen LogP contribution in [0.2, 0.25) is 0 Å². The summed E-state index contributed by atoms with van der Waals surface area (Å²) in [6.07, 6.45) is -1.02. The Morgan fingerprint density at radius 3 is 2.11 bits per heavy atom. The first kappa shape index (κ1) is 46.4. The molecular formula is C38H57F3N6O8S. The number of amides is 5. The fourth-order valence-corrected chi connectivity index (χ4v) is 8.72. The van der Waals surface area contributed by atoms with Crippen molar-refractivity contribution >= 4 is 45.2 Å². The molecule has 3 rings (SSSR count). The van der Waals surface area contributed by atoms with Crippen molar-refractivity contribution in [2.45, 2.75) is 122 Å². The zero-order valence-corrected chi connectivity index (χ0v) is 34.4. The molecule has 5 amide bonds. The first-order valence-electron chi connectivity index (χ1n) is 18.7. The number of nitrogens with one attached hydrogen (secondary N) is 2. The fraction of sp³-hybridized carbons (Fsp3) is 0.658. The van der Waals surface area contributed by atoms with Crippen molar-refractivity contribution in [2.75, 3.05) is 32.6 Å². The van der Waals surface area contributed by atoms with Crippen LogP contribution in [0.4, 0.5) is 18.9 Å². The van der Waals surface area contributed by atoms with E-state index in [1.54, 1.807) is 35.2 Å². The number of carbonyl (C=O) groups is 5. The van der Waals surface area contributed by atoms with Gasteiger partial charge in [0.1, 0.15) is 0 Å². The van der Waals surface area contributed by atoms with E-state index >= 15 is 0 Å². The second-order valence-electron chi connectivity index (χ2n) is 16.1. The van der Waals surface area contributed by atoms with E-state index < -0.39 is 80.4 Å². The van der Waals surface area contributed by atoms with Crippen molar-refractivity contribution in [3.63, 3.8) is 0 Å². The number of benzene rings is 1. The molecule has 2 aliphatic heterocycles. The molecule has 1 aromatic rings. The van der Waals surface area contributed by atoms with Crippen LogP contribution >= 0.6 is 0 Å². The molecule has 0 aromatic heterocycles. The number of primary amides is 1. The fourth-order valence-electron chi connectivity index (χ4n) is 7.66. The van der Waals surface area contributed by atoms with Gasteiger partial charge in [0.2, 0.25) is 23.6 Å². The lowest BCUT2D eigenvalue weighted by Gasteiger charge is -2.46. The minimum Gasteiger partial charge on any atom is -0.378 e. The Morgan fingerprint density at radius 2 is 1.59 bits per heavy atom. The number of rotatable bonds is 14. The molecule has 14 nitrogen and oxygen atoms in total. The minimum atomic E-state index is -5.14. The summed E-state index contributed by atoms with van der Waals surface area (Å²) in [7, 11) is -1.45. The third-order valence-electron chi connectivity index (χ3n) is 10.5. The Bertz CT molecular complexity index is 1750. The van der Waals surface area contributed by atoms with Gasteiger partial charge in [0.25, 0.3) is 10.0 Å². The maximum absolute atomic E-state index is 14.4. The number of hydrogen-bond acceptors (Lipinski definition) is 9. The van der Waals surface area contributed by atoms with Gasteiger partial charge in [-0.2, -0.15) is 13.2 Å². The number of anilines is 1. The van der Waals surface area contributed by atoms with Crippen LogP contribution in [0.3, 0.4) is 0 Å². The number of halogens is 3. The molecule has 1 unspecified atom stereocenters. The minimum absolute atomic E-state index is 0.109. The molecule has 4 N–H and O–H groups in total. The number of carbonyl (C=O) groups excluding carboxylic acids is 5. The Hall–Kier alpha value is -4.03. The number of nitrogens with two attached hydrogens (primary N) is 1. The molecule has 0 bridgehead atoms. The van der Waals surface area contributed by atoms with Crippen LogP contribution in [0.5, 0.6) is 0 Å². The lowest BCUT2D eigenvalue weighted by molar-refractivity contribution is -0.167. The average molecular weight is 815 g/mol. The monoisotopic (exact) mass is 814 g/mol. The van der Waals surface area contributed by atoms with Crippen LogP contribution in [-0.2, 0) is 38.7 Å². The van der Waals surface area contributed by atoms with E-state index in [0.29, 0.717) is 37.9 Å². The van der Waals surface area contributed by atoms with Crippen LogP contribution in [-0.4, -0.2) is 116 Å². The number of hydrogen-bond donors (Lipinski definition) is 3. The number of sulfonamides is 1. The summed E-state index contributed by atoms with van der Waals surface area (Å²) in [6, 6.07) is 1.47. The van der Waals surface area contributed by atoms with Crippen molar-refractivity contribution < 1.29 is 50.3 Å². The van der Waals surface area contributed by atoms with Gasteiger partial charge in [-0.1, -0.05) is 54.0 Å². The van der Waals surface area contributed by atoms with Crippen LogP contribution in [0.25, 0.3) is 0 Å². The van der Waals surface area contributed by atoms with Crippen molar-refractivity contribution in [3.05, 3.63) is 35.9 Å². The molecule has 18 heteroatoms. The number of likely N-dealkylation sites (tertiary alicyclic amines) is 2. The number of likely N-dealkylation sites (N-methyl/N-ethyl adjacent to an activating group) is 1. The van der Waals surface area contributed by atoms with Gasteiger partial charge >= 0.3 is 12.1 Å². The molecule has 56 heavy (non-hydrogen) atoms. The highest BCUT2D eigenvalue weighted by molar-refractivity contribution is 7.90. The molecule has 314 valence electrons. The standard InChI is InChI=1S/C38H57F3N6O8S/c1-22(2)29(45(8)35(51)31(37(5,6)7)46-19-11-10-13-28(46)32(42)48)21-23(3)34(50)47-20-12-14-27(47)30(55-9)24(4)33(49)44-56(53,54)26-17-15-25(16-18-26)43-36(52)38(39,40)41/h15-18,21-22,24,27-31H,10-14,19-20H2,1-9H3,(H2,42,48)(H,43,52)(H,44,49)/b23-21+/t24-,27+,28?,29-,30-,31-/m1/s1. The number of ether oxygens (including phenoxy) is 1. The van der Waals surface area contributed by atoms with E-state index in [1.807, 2.05) is 44.2 Å². The van der Waals surface area contributed by atoms with E-state index in [9.17, 15) is 45.6 Å². The predicted molar refractivity (Wildman–Crippen MR) is 203 cm³/mol. The molecule has 2 fully saturated rings. The summed E-state index contributed by atoms with van der Waals surface area (Å²) in [6.45, 7) is 13.7. The van der Waals surface area contributed by atoms with Gasteiger partial charge in [0.15, 0.2) is 0 Å². The van der Waals surface area contributed by atoms with E-state index in [2.05, 4.69) is 0 Å². The van der Waals surface area contributed by atoms with Crippen LogP contribution in [0, 0.1) is 17.3 Å². The molecular weight excluding hydrogens is 758 g/mol. The largest absolute Gasteiger partial charge is 0.471 e. The Kier molecular flexibility index (Phi) is 15.3. The second-order valence-corrected chi connectivity index (χ2v) is 17.8. The summed E-state index contributed by atoms with van der Waals surface area (Å²) in [5, 5.41) is 1.62. The molecule has 2 saturated heterocycles. The molecule has 0 radical (unpaired) electrons. The molecule has 0 spiro atoms. The molecule has 0 saturated carbocycles. The number of alkyl halides is 3. The highest BCUT2D eigenvalue weighted by Crippen LogP contribution is 2.33. The quantitative estimate of drug-likeness (QED) is 0.235. The summed E-state index contributed by atoms with van der Waals surface area (Å²) in [4.78, 5) is 70.2. The normalized spacial score (nSPS) is 20.9. The first-order valence-corrected chi connectivity index (χ1v) is 20.2. The topological polar surface area (TPSA) is 189 Å². The van der Waals surface area contributed by atoms with Gasteiger partial charge in [-0.05, 0) is 74.8 Å². The third-order valence-corrected chi connectivity index (χ3v) is 11.9. The first-order chi connectivity index (χ1) is 25.8. The highest BCUT2D eigenvalue weighted by Gasteiger charge is 2.45. The van der Waals surface area contributed by atoms with Gasteiger partial charge in [0, 0.05) is 32.0 Å². The summed E-state index contributed by atoms with van der Waals surface area (Å²) in [5.41, 5.74) is 5.30. The maximum Gasteiger partial charge on any atom is 0.471 e. The number of piperidine rings is 1. The smallest absolute Gasteiger partial charge is 0.378 e. The summed E-state index contributed by atoms with van der Waals surface area (Å²) < 4.78 is 71.6. The molecule has 2 heterocycles. The third kappa shape index (κ3) is 11.1. The summed E-state index contributed by atoms with van der Waals surface area (Å²) in [5.74, 6) is -5.35. The van der Waals surface area contributed by atoms with Gasteiger partial charge in [-0.15, -0.1) is 0 Å². The zero-order chi connectivity index (χ0) is 42.5. The number of methoxy groups -OCH3 is 1. The second kappa shape index (κ2) is 18.5. The van der Waals surface area contributed by atoms with Gasteiger partial charge in [-0.25, -0.2) is 13.1 Å². The van der Waals surface area contributed by atoms with E-state index in [4.69, 9.17) is 10.5 Å². The average Bonchev–Trinajstić information content (AvgIpc) is 3.58.